The molecule has 7 aromatic carbocycles. The first-order valence-electron chi connectivity index (χ1n) is 18.8. The lowest BCUT2D eigenvalue weighted by molar-refractivity contribution is 1.07. The minimum absolute atomic E-state index is 0.331. The van der Waals surface area contributed by atoms with E-state index < -0.39 is 8.07 Å². The fraction of sp³-hybridized carbons (Fsp3) is 0.0408. The maximum atomic E-state index is 10.9. The molecule has 10 rings (SSSR count). The molecular formula is C49H33N7Si. The van der Waals surface area contributed by atoms with Gasteiger partial charge in [0, 0.05) is 44.5 Å². The van der Waals surface area contributed by atoms with E-state index >= 15 is 0 Å². The van der Waals surface area contributed by atoms with Crippen LogP contribution in [0.3, 0.4) is 0 Å². The zero-order chi connectivity index (χ0) is 38.7. The molecule has 9 aromatic rings. The number of benzene rings is 7. The van der Waals surface area contributed by atoms with Crippen molar-refractivity contribution in [2.45, 2.75) is 13.1 Å². The molecule has 8 heteroatoms. The molecule has 268 valence electrons. The van der Waals surface area contributed by atoms with Crippen LogP contribution in [0.25, 0.3) is 66.5 Å². The summed E-state index contributed by atoms with van der Waals surface area (Å²) >= 11 is 0. The number of rotatable bonds is 5. The van der Waals surface area contributed by atoms with Crippen molar-refractivity contribution in [2.24, 2.45) is 0 Å². The molecule has 0 N–H and O–H groups in total. The van der Waals surface area contributed by atoms with Gasteiger partial charge in [0.25, 0.3) is 0 Å². The highest BCUT2D eigenvalue weighted by atomic mass is 28.3. The molecule has 0 aliphatic carbocycles. The fourth-order valence-corrected chi connectivity index (χ4v) is 11.3. The van der Waals surface area contributed by atoms with Crippen LogP contribution in [0.15, 0.2) is 164 Å². The Bertz CT molecular complexity index is 3070. The van der Waals surface area contributed by atoms with Gasteiger partial charge in [-0.1, -0.05) is 134 Å². The Kier molecular flexibility index (Phi) is 7.89. The Morgan fingerprint density at radius 2 is 1.16 bits per heavy atom. The molecule has 0 fully saturated rings. The van der Waals surface area contributed by atoms with Crippen LogP contribution in [0.5, 0.6) is 0 Å². The van der Waals surface area contributed by atoms with Crippen molar-refractivity contribution < 1.29 is 0 Å². The topological polar surface area (TPSA) is 75.0 Å². The Balaban J connectivity index is 1.23. The third-order valence-electron chi connectivity index (χ3n) is 11.1. The van der Waals surface area contributed by atoms with Gasteiger partial charge in [0.05, 0.1) is 28.9 Å². The maximum absolute atomic E-state index is 10.9. The van der Waals surface area contributed by atoms with Crippen LogP contribution in [0.4, 0.5) is 22.7 Å². The highest BCUT2D eigenvalue weighted by Gasteiger charge is 2.39. The average molecular weight is 748 g/mol. The second kappa shape index (κ2) is 13.3. The van der Waals surface area contributed by atoms with Gasteiger partial charge in [0.1, 0.15) is 14.1 Å². The van der Waals surface area contributed by atoms with E-state index in [9.17, 15) is 5.26 Å². The minimum Gasteiger partial charge on any atom is -0.311 e. The standard InChI is InChI=1S/C49H33N7Si/c1-51-39-29-42(34(31-50)27-38(39)49-53-47(32-17-7-4-8-18-32)52-48(54-49)33-19-9-5-10-20-33)56-40-24-14-13-23-36(40)37-28-46-44(30-43(37)56)55(35-21-11-6-12-22-35)41-25-15-16-26-45(41)57(46,2)3/h4-30H,2-3H3. The number of para-hydroxylation sites is 3. The molecule has 7 nitrogen and oxygen atoms in total. The zero-order valence-electron chi connectivity index (χ0n) is 31.2. The van der Waals surface area contributed by atoms with Crippen LogP contribution in [0.2, 0.25) is 13.1 Å². The van der Waals surface area contributed by atoms with E-state index in [1.54, 1.807) is 6.07 Å². The normalized spacial score (nSPS) is 12.8. The maximum Gasteiger partial charge on any atom is 0.200 e. The quantitative estimate of drug-likeness (QED) is 0.129. The molecule has 0 atom stereocenters. The van der Waals surface area contributed by atoms with Gasteiger partial charge < -0.3 is 9.47 Å². The second-order valence-electron chi connectivity index (χ2n) is 14.7. The first-order chi connectivity index (χ1) is 27.9. The van der Waals surface area contributed by atoms with Gasteiger partial charge in [-0.3, -0.25) is 0 Å². The van der Waals surface area contributed by atoms with E-state index in [2.05, 4.69) is 112 Å². The van der Waals surface area contributed by atoms with Crippen molar-refractivity contribution in [2.75, 3.05) is 4.90 Å². The van der Waals surface area contributed by atoms with Crippen molar-refractivity contribution in [3.8, 4) is 45.9 Å². The third kappa shape index (κ3) is 5.43. The van der Waals surface area contributed by atoms with Gasteiger partial charge in [-0.15, -0.1) is 0 Å². The molecule has 0 saturated carbocycles. The highest BCUT2D eigenvalue weighted by Crippen LogP contribution is 2.43. The van der Waals surface area contributed by atoms with E-state index in [0.717, 1.165) is 44.3 Å². The van der Waals surface area contributed by atoms with Crippen molar-refractivity contribution in [3.05, 3.63) is 181 Å². The third-order valence-corrected chi connectivity index (χ3v) is 14.6. The Hall–Kier alpha value is -7.65. The summed E-state index contributed by atoms with van der Waals surface area (Å²) in [6.07, 6.45) is 0. The monoisotopic (exact) mass is 747 g/mol. The molecule has 57 heavy (non-hydrogen) atoms. The molecule has 1 aliphatic rings. The molecule has 0 spiro atoms. The first-order valence-corrected chi connectivity index (χ1v) is 21.8. The van der Waals surface area contributed by atoms with E-state index in [1.165, 1.54) is 16.1 Å². The fourth-order valence-electron chi connectivity index (χ4n) is 8.33. The van der Waals surface area contributed by atoms with Gasteiger partial charge in [0.15, 0.2) is 23.2 Å². The molecular weight excluding hydrogens is 715 g/mol. The summed E-state index contributed by atoms with van der Waals surface area (Å²) in [6.45, 7) is 13.3. The lowest BCUT2D eigenvalue weighted by Gasteiger charge is -2.41. The highest BCUT2D eigenvalue weighted by molar-refractivity contribution is 7.02. The summed E-state index contributed by atoms with van der Waals surface area (Å²) in [7, 11) is -2.18. The van der Waals surface area contributed by atoms with Crippen molar-refractivity contribution >= 4 is 63.0 Å². The second-order valence-corrected chi connectivity index (χ2v) is 19.0. The average Bonchev–Trinajstić information content (AvgIpc) is 3.59. The molecule has 1 aliphatic heterocycles. The predicted octanol–water partition coefficient (Wildman–Crippen LogP) is 11.0. The van der Waals surface area contributed by atoms with Crippen molar-refractivity contribution in [3.63, 3.8) is 0 Å². The number of hydrogen-bond donors (Lipinski definition) is 0. The van der Waals surface area contributed by atoms with Crippen LogP contribution in [-0.2, 0) is 0 Å². The van der Waals surface area contributed by atoms with E-state index in [-0.39, 0.29) is 0 Å². The van der Waals surface area contributed by atoms with E-state index in [1.807, 2.05) is 78.9 Å². The summed E-state index contributed by atoms with van der Waals surface area (Å²) in [6, 6.07) is 57.9. The zero-order valence-corrected chi connectivity index (χ0v) is 32.2. The molecule has 0 unspecified atom stereocenters. The van der Waals surface area contributed by atoms with Gasteiger partial charge >= 0.3 is 0 Å². The van der Waals surface area contributed by atoms with Gasteiger partial charge in [-0.2, -0.15) is 5.26 Å². The summed E-state index contributed by atoms with van der Waals surface area (Å²) < 4.78 is 2.15. The largest absolute Gasteiger partial charge is 0.311 e. The smallest absolute Gasteiger partial charge is 0.200 e. The van der Waals surface area contributed by atoms with Crippen LogP contribution >= 0.6 is 0 Å². The number of hydrogen-bond acceptors (Lipinski definition) is 5. The van der Waals surface area contributed by atoms with Crippen molar-refractivity contribution in [1.29, 1.82) is 5.26 Å². The van der Waals surface area contributed by atoms with Crippen LogP contribution in [-0.4, -0.2) is 27.6 Å². The molecule has 3 heterocycles. The Labute approximate surface area is 331 Å². The van der Waals surface area contributed by atoms with Gasteiger partial charge in [-0.05, 0) is 52.8 Å². The number of anilines is 3. The number of nitrogens with zero attached hydrogens (tertiary/aromatic N) is 7. The number of fused-ring (bicyclic) bond motifs is 5. The Morgan fingerprint density at radius 1 is 0.561 bits per heavy atom. The Morgan fingerprint density at radius 3 is 1.82 bits per heavy atom. The van der Waals surface area contributed by atoms with E-state index in [4.69, 9.17) is 21.5 Å². The predicted molar refractivity (Wildman–Crippen MR) is 233 cm³/mol. The SMILES string of the molecule is [C-]#[N+]c1cc(-n2c3ccccc3c3cc4c(cc32)N(c2ccccc2)c2ccccc2[Si]4(C)C)c(C#N)cc1-c1nc(-c2ccccc2)nc(-c2ccccc2)n1. The first kappa shape index (κ1) is 33.9. The van der Waals surface area contributed by atoms with Crippen LogP contribution < -0.4 is 15.3 Å². The summed E-state index contributed by atoms with van der Waals surface area (Å²) in [5, 5.41) is 15.8. The lowest BCUT2D eigenvalue weighted by Crippen LogP contribution is -2.58. The van der Waals surface area contributed by atoms with Crippen LogP contribution in [0.1, 0.15) is 5.56 Å². The van der Waals surface area contributed by atoms with Crippen molar-refractivity contribution in [1.82, 2.24) is 19.5 Å². The molecule has 0 radical (unpaired) electrons. The number of aromatic nitrogens is 4. The van der Waals surface area contributed by atoms with Gasteiger partial charge in [0.2, 0.25) is 0 Å². The molecule has 0 amide bonds. The molecule has 2 aromatic heterocycles. The summed E-state index contributed by atoms with van der Waals surface area (Å²) in [5.41, 5.74) is 8.80. The van der Waals surface area contributed by atoms with E-state index in [0.29, 0.717) is 40.0 Å². The summed E-state index contributed by atoms with van der Waals surface area (Å²) in [5.74, 6) is 1.31. The molecule has 0 saturated heterocycles. The minimum atomic E-state index is -2.18. The van der Waals surface area contributed by atoms with Gasteiger partial charge in [-0.25, -0.2) is 19.8 Å². The molecule has 0 bridgehead atoms. The van der Waals surface area contributed by atoms with Crippen LogP contribution in [0, 0.1) is 17.9 Å². The lowest BCUT2D eigenvalue weighted by atomic mass is 10.0. The summed E-state index contributed by atoms with van der Waals surface area (Å²) in [4.78, 5) is 21.1. The number of nitriles is 1.